The molecular weight excluding hydrogens is 446 g/mol. The highest BCUT2D eigenvalue weighted by molar-refractivity contribution is 5.87. The molecule has 3 saturated heterocycles. The Hall–Kier alpha value is -3.36. The number of amides is 2. The number of carbonyl (C=O) groups is 2. The van der Waals surface area contributed by atoms with E-state index in [0.717, 1.165) is 44.2 Å². The van der Waals surface area contributed by atoms with Gasteiger partial charge in [0.2, 0.25) is 17.6 Å². The van der Waals surface area contributed by atoms with E-state index in [1.165, 1.54) is 11.1 Å². The number of nitrogens with one attached hydrogen (secondary N) is 1. The Morgan fingerprint density at radius 2 is 2.17 bits per heavy atom. The summed E-state index contributed by atoms with van der Waals surface area (Å²) in [4.78, 5) is 32.4. The number of H-pyrrole nitrogens is 1. The van der Waals surface area contributed by atoms with Crippen molar-refractivity contribution in [1.29, 1.82) is 5.26 Å². The number of nitriles is 1. The number of tetrazole rings is 1. The fraction of sp³-hybridized carbons (Fsp3) is 0.583. The van der Waals surface area contributed by atoms with Gasteiger partial charge in [-0.25, -0.2) is 0 Å². The Labute approximate surface area is 202 Å². The first kappa shape index (κ1) is 21.0. The lowest BCUT2D eigenvalue weighted by Gasteiger charge is -2.38. The normalized spacial score (nSPS) is 33.7. The van der Waals surface area contributed by atoms with Crippen molar-refractivity contribution in [1.82, 2.24) is 35.3 Å². The number of rotatable bonds is 5. The Balaban J connectivity index is 1.03. The molecule has 11 nitrogen and oxygen atoms in total. The van der Waals surface area contributed by atoms with Gasteiger partial charge in [0.1, 0.15) is 6.04 Å². The van der Waals surface area contributed by atoms with Crippen LogP contribution in [0.2, 0.25) is 0 Å². The van der Waals surface area contributed by atoms with E-state index in [1.54, 1.807) is 4.90 Å². The minimum Gasteiger partial charge on any atom is -0.330 e. The SMILES string of the molecule is N#C[C@@H]1C[C@@H]2C[C@@H]2N1C(=O)[C@@H](N)CN1CC2C[C@@H]1C(=O)N2[C@H]1CCc2cc(-c3nn[nH]n3)ccc21. The molecule has 7 atom stereocenters. The predicted molar refractivity (Wildman–Crippen MR) is 122 cm³/mol. The fourth-order valence-corrected chi connectivity index (χ4v) is 7.02. The molecule has 0 spiro atoms. The van der Waals surface area contributed by atoms with Gasteiger partial charge in [0, 0.05) is 30.7 Å². The molecule has 2 bridgehead atoms. The molecule has 2 aromatic rings. The molecular formula is C24H27N9O2. The van der Waals surface area contributed by atoms with Crippen molar-refractivity contribution in [2.75, 3.05) is 13.1 Å². The number of nitrogens with zero attached hydrogens (tertiary/aromatic N) is 7. The van der Waals surface area contributed by atoms with E-state index in [2.05, 4.69) is 48.6 Å². The molecule has 3 aliphatic heterocycles. The van der Waals surface area contributed by atoms with Gasteiger partial charge in [0.05, 0.1) is 24.2 Å². The number of benzene rings is 1. The van der Waals surface area contributed by atoms with Crippen molar-refractivity contribution < 1.29 is 9.59 Å². The van der Waals surface area contributed by atoms with E-state index in [4.69, 9.17) is 5.73 Å². The molecule has 3 N–H and O–H groups in total. The van der Waals surface area contributed by atoms with Gasteiger partial charge in [-0.1, -0.05) is 12.1 Å². The topological polar surface area (TPSA) is 148 Å². The third kappa shape index (κ3) is 3.13. The van der Waals surface area contributed by atoms with E-state index in [-0.39, 0.29) is 42.0 Å². The van der Waals surface area contributed by atoms with Crippen LogP contribution >= 0.6 is 0 Å². The lowest BCUT2D eigenvalue weighted by atomic mass is 10.0. The van der Waals surface area contributed by atoms with Crippen LogP contribution in [0.25, 0.3) is 11.4 Å². The third-order valence-electron chi connectivity index (χ3n) is 8.70. The number of fused-ring (bicyclic) bond motifs is 4. The van der Waals surface area contributed by atoms with Crippen molar-refractivity contribution in [2.45, 2.75) is 68.4 Å². The first-order chi connectivity index (χ1) is 17.0. The van der Waals surface area contributed by atoms with E-state index < -0.39 is 6.04 Å². The number of likely N-dealkylation sites (tertiary alicyclic amines) is 3. The van der Waals surface area contributed by atoms with Gasteiger partial charge in [0.15, 0.2) is 0 Å². The van der Waals surface area contributed by atoms with Crippen LogP contribution < -0.4 is 5.73 Å². The summed E-state index contributed by atoms with van der Waals surface area (Å²) in [6.07, 6.45) is 4.35. The van der Waals surface area contributed by atoms with Crippen LogP contribution in [0.1, 0.15) is 42.9 Å². The molecule has 1 saturated carbocycles. The quantitative estimate of drug-likeness (QED) is 0.616. The third-order valence-corrected chi connectivity index (χ3v) is 8.70. The van der Waals surface area contributed by atoms with Gasteiger partial charge in [-0.2, -0.15) is 10.5 Å². The Morgan fingerprint density at radius 1 is 1.29 bits per heavy atom. The Bertz CT molecular complexity index is 1240. The summed E-state index contributed by atoms with van der Waals surface area (Å²) in [5, 5.41) is 23.7. The summed E-state index contributed by atoms with van der Waals surface area (Å²) >= 11 is 0. The van der Waals surface area contributed by atoms with Gasteiger partial charge < -0.3 is 15.5 Å². The fourth-order valence-electron chi connectivity index (χ4n) is 7.02. The van der Waals surface area contributed by atoms with Gasteiger partial charge in [-0.05, 0) is 60.4 Å². The zero-order valence-electron chi connectivity index (χ0n) is 19.2. The van der Waals surface area contributed by atoms with Crippen molar-refractivity contribution in [3.8, 4) is 17.5 Å². The standard InChI is InChI=1S/C24H27N9O2/c25-9-15-6-14-7-20(14)32(15)23(34)18(26)11-31-10-16-8-21(31)24(35)33(16)19-4-2-12-5-13(1-3-17(12)19)22-27-29-30-28-22/h1,3,5,14-16,18-21H,2,4,6-8,10-11,26H2,(H,27,28,29,30)/t14-,15+,16?,18+,19+,20+,21-/m1/s1. The highest BCUT2D eigenvalue weighted by atomic mass is 16.2. The van der Waals surface area contributed by atoms with Crippen LogP contribution in [0.15, 0.2) is 18.2 Å². The highest BCUT2D eigenvalue weighted by Gasteiger charge is 2.56. The molecule has 7 rings (SSSR count). The summed E-state index contributed by atoms with van der Waals surface area (Å²) < 4.78 is 0. The van der Waals surface area contributed by atoms with Crippen LogP contribution in [-0.4, -0.2) is 90.4 Å². The molecule has 2 amide bonds. The first-order valence-corrected chi connectivity index (χ1v) is 12.4. The maximum atomic E-state index is 13.5. The summed E-state index contributed by atoms with van der Waals surface area (Å²) in [5.74, 6) is 1.03. The zero-order chi connectivity index (χ0) is 23.8. The van der Waals surface area contributed by atoms with Crippen molar-refractivity contribution in [2.24, 2.45) is 11.7 Å². The Morgan fingerprint density at radius 3 is 2.94 bits per heavy atom. The second-order valence-electron chi connectivity index (χ2n) is 10.6. The zero-order valence-corrected chi connectivity index (χ0v) is 19.2. The number of hydrogen-bond acceptors (Lipinski definition) is 8. The average Bonchev–Trinajstić information content (AvgIpc) is 3.43. The molecule has 35 heavy (non-hydrogen) atoms. The number of aromatic amines is 1. The second-order valence-corrected chi connectivity index (χ2v) is 10.6. The lowest BCUT2D eigenvalue weighted by Crippen LogP contribution is -2.57. The number of aryl methyl sites for hydroxylation is 1. The maximum Gasteiger partial charge on any atom is 0.242 e. The van der Waals surface area contributed by atoms with Crippen LogP contribution in [0.3, 0.4) is 0 Å². The largest absolute Gasteiger partial charge is 0.330 e. The second kappa shape index (κ2) is 7.57. The minimum atomic E-state index is -0.707. The van der Waals surface area contributed by atoms with Crippen LogP contribution in [-0.2, 0) is 16.0 Å². The molecule has 2 aliphatic carbocycles. The number of piperazine rings is 1. The number of aromatic nitrogens is 4. The van der Waals surface area contributed by atoms with Gasteiger partial charge in [-0.3, -0.25) is 14.5 Å². The molecule has 4 heterocycles. The van der Waals surface area contributed by atoms with Gasteiger partial charge in [-0.15, -0.1) is 10.2 Å². The van der Waals surface area contributed by atoms with Crippen molar-refractivity contribution in [3.05, 3.63) is 29.3 Å². The monoisotopic (exact) mass is 473 g/mol. The summed E-state index contributed by atoms with van der Waals surface area (Å²) in [7, 11) is 0. The maximum absolute atomic E-state index is 13.5. The summed E-state index contributed by atoms with van der Waals surface area (Å²) in [6, 6.07) is 7.57. The van der Waals surface area contributed by atoms with Crippen molar-refractivity contribution in [3.63, 3.8) is 0 Å². The molecule has 1 aromatic heterocycles. The number of carbonyl (C=O) groups excluding carboxylic acids is 2. The van der Waals surface area contributed by atoms with E-state index in [9.17, 15) is 14.9 Å². The molecule has 0 radical (unpaired) electrons. The molecule has 5 aliphatic rings. The molecule has 1 unspecified atom stereocenters. The van der Waals surface area contributed by atoms with Crippen LogP contribution in [0.5, 0.6) is 0 Å². The Kier molecular flexibility index (Phi) is 4.53. The molecule has 11 heteroatoms. The number of nitrogens with two attached hydrogens (primary N) is 1. The van der Waals surface area contributed by atoms with Gasteiger partial charge in [0.25, 0.3) is 0 Å². The van der Waals surface area contributed by atoms with E-state index in [1.807, 2.05) is 6.07 Å². The predicted octanol–water partition coefficient (Wildman–Crippen LogP) is -0.0206. The van der Waals surface area contributed by atoms with Gasteiger partial charge >= 0.3 is 0 Å². The summed E-state index contributed by atoms with van der Waals surface area (Å²) in [5.41, 5.74) is 9.70. The summed E-state index contributed by atoms with van der Waals surface area (Å²) in [6.45, 7) is 1.10. The number of hydrogen-bond donors (Lipinski definition) is 2. The van der Waals surface area contributed by atoms with Crippen molar-refractivity contribution >= 4 is 11.8 Å². The van der Waals surface area contributed by atoms with Crippen LogP contribution in [0, 0.1) is 17.2 Å². The molecule has 4 fully saturated rings. The minimum absolute atomic E-state index is 0.0806. The number of piperidine rings is 1. The lowest BCUT2D eigenvalue weighted by molar-refractivity contribution is -0.141. The van der Waals surface area contributed by atoms with E-state index >= 15 is 0 Å². The van der Waals surface area contributed by atoms with Crippen LogP contribution in [0.4, 0.5) is 0 Å². The first-order valence-electron chi connectivity index (χ1n) is 12.4. The smallest absolute Gasteiger partial charge is 0.242 e. The van der Waals surface area contributed by atoms with E-state index in [0.29, 0.717) is 18.3 Å². The average molecular weight is 474 g/mol. The molecule has 180 valence electrons. The molecule has 1 aromatic carbocycles. The highest BCUT2D eigenvalue weighted by Crippen LogP contribution is 2.48.